The Morgan fingerprint density at radius 1 is 0.731 bits per heavy atom. The summed E-state index contributed by atoms with van der Waals surface area (Å²) in [5, 5.41) is 42.3. The quantitative estimate of drug-likeness (QED) is 0.00636. The van der Waals surface area contributed by atoms with Gasteiger partial charge in [0.25, 0.3) is 5.56 Å². The van der Waals surface area contributed by atoms with Crippen molar-refractivity contribution in [2.75, 3.05) is 124 Å². The Kier molecular flexibility index (Phi) is 34.9. The third kappa shape index (κ3) is 25.3. The van der Waals surface area contributed by atoms with Gasteiger partial charge < -0.3 is 94.0 Å². The van der Waals surface area contributed by atoms with Gasteiger partial charge in [0.15, 0.2) is 5.60 Å². The number of hydrogen-bond acceptors (Lipinski definition) is 22. The molecule has 5 atom stereocenters. The van der Waals surface area contributed by atoms with Crippen molar-refractivity contribution in [2.45, 2.75) is 147 Å². The van der Waals surface area contributed by atoms with E-state index < -0.39 is 89.2 Å². The van der Waals surface area contributed by atoms with Crippen molar-refractivity contribution >= 4 is 58.3 Å². The van der Waals surface area contributed by atoms with Gasteiger partial charge in [-0.25, -0.2) is 19.0 Å². The molecule has 0 saturated carbocycles. The summed E-state index contributed by atoms with van der Waals surface area (Å²) >= 11 is 0. The summed E-state index contributed by atoms with van der Waals surface area (Å²) in [6.07, 6.45) is 4.41. The van der Waals surface area contributed by atoms with Crippen molar-refractivity contribution in [3.8, 4) is 11.4 Å². The van der Waals surface area contributed by atoms with E-state index in [2.05, 4.69) is 48.5 Å². The third-order valence-corrected chi connectivity index (χ3v) is 18.5. The highest BCUT2D eigenvalue weighted by atomic mass is 19.1. The number of fused-ring (bicyclic) bond motifs is 5. The highest BCUT2D eigenvalue weighted by molar-refractivity contribution is 5.99. The van der Waals surface area contributed by atoms with E-state index >= 15 is 4.39 Å². The molecule has 3 aliphatic rings. The number of aliphatic hydroxyl groups is 1. The Labute approximate surface area is 625 Å². The normalized spacial score (nSPS) is 15.4. The van der Waals surface area contributed by atoms with E-state index in [9.17, 15) is 48.6 Å². The van der Waals surface area contributed by atoms with Crippen LogP contribution in [0.15, 0.2) is 89.4 Å². The van der Waals surface area contributed by atoms with Crippen LogP contribution in [-0.4, -0.2) is 198 Å². The number of amides is 5. The smallest absolute Gasteiger partial charge is 0.407 e. The van der Waals surface area contributed by atoms with Gasteiger partial charge in [0.2, 0.25) is 23.6 Å². The van der Waals surface area contributed by atoms with Crippen LogP contribution in [0.2, 0.25) is 0 Å². The number of hydrogen-bond donors (Lipinski definition) is 8. The van der Waals surface area contributed by atoms with Gasteiger partial charge in [-0.2, -0.15) is 0 Å². The maximum absolute atomic E-state index is 15.6. The number of carboxylic acid groups (broad SMARTS) is 1. The van der Waals surface area contributed by atoms with Gasteiger partial charge in [-0.05, 0) is 122 Å². The van der Waals surface area contributed by atoms with Crippen LogP contribution in [-0.2, 0) is 114 Å². The van der Waals surface area contributed by atoms with Crippen LogP contribution in [0, 0.1) is 12.7 Å². The molecular weight excluding hydrogens is 1410 g/mol. The lowest BCUT2D eigenvalue weighted by molar-refractivity contribution is -0.172. The van der Waals surface area contributed by atoms with Crippen molar-refractivity contribution in [1.29, 1.82) is 0 Å². The molecule has 8 rings (SSSR count). The Bertz CT molecular complexity index is 3940. The number of azide groups is 1. The molecule has 8 N–H and O–H groups in total. The number of alkyl carbamates (subject to hydrolysis) is 1. The molecule has 3 aromatic carbocycles. The molecule has 1 unspecified atom stereocenters. The molecule has 586 valence electrons. The molecule has 0 saturated heterocycles. The van der Waals surface area contributed by atoms with Gasteiger partial charge in [0.1, 0.15) is 37.2 Å². The molecule has 0 radical (unpaired) electrons. The van der Waals surface area contributed by atoms with Gasteiger partial charge in [-0.1, -0.05) is 67.5 Å². The van der Waals surface area contributed by atoms with Crippen molar-refractivity contribution in [2.24, 2.45) is 5.11 Å². The Hall–Kier alpha value is -9.47. The van der Waals surface area contributed by atoms with E-state index in [4.69, 9.17) is 57.9 Å². The fraction of sp³-hybridized carbons (Fsp3) is 0.539. The first-order valence-electron chi connectivity index (χ1n) is 36.7. The number of esters is 1. The number of nitrogens with one attached hydrogen (secondary N) is 6. The van der Waals surface area contributed by atoms with Gasteiger partial charge in [0, 0.05) is 72.1 Å². The van der Waals surface area contributed by atoms with Crippen molar-refractivity contribution < 1.29 is 95.5 Å². The zero-order valence-electron chi connectivity index (χ0n) is 61.3. The summed E-state index contributed by atoms with van der Waals surface area (Å²) in [5.74, 6) is -5.29. The number of cyclic esters (lactones) is 1. The minimum Gasteiger partial charge on any atom is -0.481 e. The highest BCUT2D eigenvalue weighted by Gasteiger charge is 2.46. The number of halogens is 1. The van der Waals surface area contributed by atoms with E-state index in [1.165, 1.54) is 10.6 Å². The minimum atomic E-state index is -2.06. The molecule has 0 bridgehead atoms. The van der Waals surface area contributed by atoms with E-state index in [0.717, 1.165) is 24.8 Å². The number of pyridine rings is 2. The number of aromatic nitrogens is 2. The van der Waals surface area contributed by atoms with Crippen molar-refractivity contribution in [3.05, 3.63) is 151 Å². The molecule has 0 spiro atoms. The first-order valence-corrected chi connectivity index (χ1v) is 36.7. The number of carbonyl (C=O) groups excluding carboxylic acids is 6. The third-order valence-electron chi connectivity index (χ3n) is 18.5. The Morgan fingerprint density at radius 2 is 1.34 bits per heavy atom. The fourth-order valence-electron chi connectivity index (χ4n) is 12.7. The van der Waals surface area contributed by atoms with Crippen molar-refractivity contribution in [1.82, 2.24) is 36.1 Å². The Balaban J connectivity index is 0.766. The first kappa shape index (κ1) is 84.2. The van der Waals surface area contributed by atoms with Crippen LogP contribution < -0.4 is 37.5 Å². The second-order valence-electron chi connectivity index (χ2n) is 26.0. The topological polar surface area (TPSA) is 408 Å². The molecule has 108 heavy (non-hydrogen) atoms. The summed E-state index contributed by atoms with van der Waals surface area (Å²) in [5.41, 5.74) is 11.0. The maximum atomic E-state index is 15.6. The molecular formula is C76H100FN11O20. The molecule has 2 aliphatic heterocycles. The number of benzene rings is 3. The van der Waals surface area contributed by atoms with Crippen LogP contribution >= 0.6 is 0 Å². The summed E-state index contributed by atoms with van der Waals surface area (Å²) < 4.78 is 72.3. The lowest BCUT2D eigenvalue weighted by atomic mass is 9.81. The van der Waals surface area contributed by atoms with Crippen LogP contribution in [0.3, 0.4) is 0 Å². The number of aryl methyl sites for hydroxylation is 1. The summed E-state index contributed by atoms with van der Waals surface area (Å²) in [7, 11) is 0. The number of carboxylic acids is 1. The van der Waals surface area contributed by atoms with Gasteiger partial charge >= 0.3 is 18.0 Å². The number of aliphatic carboxylic acids is 1. The van der Waals surface area contributed by atoms with Gasteiger partial charge in [0.05, 0.1) is 134 Å². The predicted octanol–water partition coefficient (Wildman–Crippen LogP) is 6.85. The highest BCUT2D eigenvalue weighted by Crippen LogP contribution is 2.46. The number of unbranched alkanes of at least 4 members (excludes halogenated alkanes) is 3. The lowest BCUT2D eigenvalue weighted by Crippen LogP contribution is -2.57. The standard InChI is InChI=1S/C76H100FN11O20/c1-4-76(98)57-45-64-69-55(47-88(64)73(95)56(57)49-107-74(76)96)68-59(22-21-54-50(3)58(77)46-62(83-69)67(54)68)86-75(97)108-48-52-17-19-53(20-18-52)81-70(92)60(16-10-12-26-79-5-2)84-72(94)63(44-51-14-8-6-9-15-51)85-71(93)61(23-24-66(90)91)82-65(89)25-29-100-31-33-102-35-37-104-39-41-106-43-42-105-40-38-103-36-34-101-32-30-99-28-13-7-11-27-80-87-78/h5-6,8-9,14-15,17-20,45-46,59-61,63,79,98H,2,4,7,10-13,16,21-44,47-49H2,1,3H3,(H,81,92)(H,82,89)(H,84,94)(H,85,93)(H,86,97)(H,90,91)/t59-,60-,61?,63-,76-/m0/s1. The molecule has 1 aliphatic carbocycles. The van der Waals surface area contributed by atoms with Crippen LogP contribution in [0.4, 0.5) is 14.9 Å². The number of nitrogens with zero attached hydrogens (tertiary/aromatic N) is 5. The number of carbonyl (C=O) groups is 7. The average Bonchev–Trinajstić information content (AvgIpc) is 1.51. The van der Waals surface area contributed by atoms with Crippen LogP contribution in [0.25, 0.3) is 32.7 Å². The zero-order valence-corrected chi connectivity index (χ0v) is 61.3. The minimum absolute atomic E-state index is 0.0404. The van der Waals surface area contributed by atoms with Crippen molar-refractivity contribution in [3.63, 3.8) is 0 Å². The molecule has 31 nitrogen and oxygen atoms in total. The molecule has 5 aromatic rings. The van der Waals surface area contributed by atoms with E-state index in [1.54, 1.807) is 80.7 Å². The second kappa shape index (κ2) is 44.7. The average molecular weight is 1510 g/mol. The molecule has 5 amide bonds. The maximum Gasteiger partial charge on any atom is 0.407 e. The number of anilines is 1. The van der Waals surface area contributed by atoms with Gasteiger partial charge in [-0.15, -0.1) is 0 Å². The molecule has 4 heterocycles. The second-order valence-corrected chi connectivity index (χ2v) is 26.0. The summed E-state index contributed by atoms with van der Waals surface area (Å²) in [6.45, 7) is 13.4. The summed E-state index contributed by atoms with van der Waals surface area (Å²) in [6, 6.07) is 13.7. The Morgan fingerprint density at radius 3 is 1.96 bits per heavy atom. The molecule has 2 aromatic heterocycles. The van der Waals surface area contributed by atoms with Gasteiger partial charge in [-0.3, -0.25) is 28.8 Å². The molecule has 32 heteroatoms. The summed E-state index contributed by atoms with van der Waals surface area (Å²) in [4.78, 5) is 116. The SMILES string of the molecule is C=CNCCCC[C@H](NC(=O)[C@H](Cc1ccccc1)NC(=O)C(CCC(=O)O)NC(=O)CCOCCOCCOCCOCCOCCOCCOCCOCCCCCN=[N+]=[N-])C(=O)Nc1ccc(COC(=O)N[C@H]2CCc3c(C)c(F)cc4nc5c(c2c34)Cn2c-5cc3c(c2=O)COC(=O)[C@]3(O)CC)cc1. The number of ether oxygens (including phenoxy) is 10. The lowest BCUT2D eigenvalue weighted by Gasteiger charge is -2.31. The fourth-order valence-corrected chi connectivity index (χ4v) is 12.7. The first-order chi connectivity index (χ1) is 52.4. The van der Waals surface area contributed by atoms with E-state index in [0.29, 0.717) is 174 Å². The van der Waals surface area contributed by atoms with E-state index in [1.807, 2.05) is 0 Å². The van der Waals surface area contributed by atoms with Crippen LogP contribution in [0.1, 0.15) is 128 Å². The largest absolute Gasteiger partial charge is 0.481 e. The monoisotopic (exact) mass is 1510 g/mol. The van der Waals surface area contributed by atoms with Crippen LogP contribution in [0.5, 0.6) is 0 Å². The predicted molar refractivity (Wildman–Crippen MR) is 393 cm³/mol. The van der Waals surface area contributed by atoms with E-state index in [-0.39, 0.29) is 89.4 Å². The molecule has 0 fully saturated rings. The zero-order chi connectivity index (χ0) is 77.1. The number of rotatable bonds is 52.